The van der Waals surface area contributed by atoms with Crippen LogP contribution in [0.15, 0.2) is 35.7 Å². The maximum absolute atomic E-state index is 6.08. The Morgan fingerprint density at radius 1 is 1.32 bits per heavy atom. The van der Waals surface area contributed by atoms with Crippen molar-refractivity contribution in [2.24, 2.45) is 0 Å². The van der Waals surface area contributed by atoms with Gasteiger partial charge >= 0.3 is 0 Å². The smallest absolute Gasteiger partial charge is 0.134 e. The maximum Gasteiger partial charge on any atom is 0.134 e. The zero-order valence-corrected chi connectivity index (χ0v) is 12.7. The average Bonchev–Trinajstić information content (AvgIpc) is 2.83. The number of hydrogen-bond acceptors (Lipinski definition) is 3. The molecule has 0 aliphatic heterocycles. The fraction of sp³-hybridized carbons (Fsp3) is 0.333. The van der Waals surface area contributed by atoms with Crippen molar-refractivity contribution in [3.63, 3.8) is 0 Å². The number of halogens is 1. The van der Waals surface area contributed by atoms with Gasteiger partial charge in [0.2, 0.25) is 0 Å². The molecule has 0 radical (unpaired) electrons. The van der Waals surface area contributed by atoms with E-state index in [-0.39, 0.29) is 6.10 Å². The van der Waals surface area contributed by atoms with E-state index in [0.717, 1.165) is 23.7 Å². The minimum Gasteiger partial charge on any atom is -0.485 e. The molecule has 4 heteroatoms. The standard InChI is InChI=1S/C15H18ClNOS/c1-11-3-5-13(6-4-11)18-14(7-8-17-2)15-9-12(16)10-19-15/h3-6,9-10,14,17H,7-8H2,1-2H3. The molecule has 1 aromatic carbocycles. The number of benzene rings is 1. The molecule has 0 amide bonds. The van der Waals surface area contributed by atoms with Crippen molar-refractivity contribution in [3.8, 4) is 5.75 Å². The van der Waals surface area contributed by atoms with E-state index >= 15 is 0 Å². The summed E-state index contributed by atoms with van der Waals surface area (Å²) in [6, 6.07) is 10.1. The van der Waals surface area contributed by atoms with E-state index in [2.05, 4.69) is 24.4 Å². The van der Waals surface area contributed by atoms with Gasteiger partial charge in [0.25, 0.3) is 0 Å². The van der Waals surface area contributed by atoms with Crippen LogP contribution in [0.3, 0.4) is 0 Å². The van der Waals surface area contributed by atoms with E-state index in [1.165, 1.54) is 10.4 Å². The van der Waals surface area contributed by atoms with Crippen molar-refractivity contribution in [1.29, 1.82) is 0 Å². The fourth-order valence-corrected chi connectivity index (χ4v) is 2.96. The Bertz CT molecular complexity index is 509. The lowest BCUT2D eigenvalue weighted by atomic mass is 10.2. The Balaban J connectivity index is 2.11. The summed E-state index contributed by atoms with van der Waals surface area (Å²) in [7, 11) is 1.95. The van der Waals surface area contributed by atoms with Gasteiger partial charge in [-0.25, -0.2) is 0 Å². The predicted molar refractivity (Wildman–Crippen MR) is 82.4 cm³/mol. The highest BCUT2D eigenvalue weighted by Crippen LogP contribution is 2.31. The second-order valence-electron chi connectivity index (χ2n) is 4.48. The SMILES string of the molecule is CNCCC(Oc1ccc(C)cc1)c1cc(Cl)cs1. The van der Waals surface area contributed by atoms with Crippen molar-refractivity contribution >= 4 is 22.9 Å². The highest BCUT2D eigenvalue weighted by atomic mass is 35.5. The molecule has 0 bridgehead atoms. The predicted octanol–water partition coefficient (Wildman–Crippen LogP) is 4.44. The van der Waals surface area contributed by atoms with Gasteiger partial charge in [0.05, 0.1) is 5.02 Å². The second kappa shape index (κ2) is 6.94. The average molecular weight is 296 g/mol. The summed E-state index contributed by atoms with van der Waals surface area (Å²) in [6.07, 6.45) is 0.967. The Labute approximate surface area is 123 Å². The molecule has 0 aliphatic carbocycles. The van der Waals surface area contributed by atoms with Gasteiger partial charge in [-0.2, -0.15) is 0 Å². The molecule has 1 unspecified atom stereocenters. The molecule has 1 atom stereocenters. The monoisotopic (exact) mass is 295 g/mol. The fourth-order valence-electron chi connectivity index (χ4n) is 1.81. The molecule has 1 N–H and O–H groups in total. The molecular weight excluding hydrogens is 278 g/mol. The van der Waals surface area contributed by atoms with Gasteiger partial charge in [0, 0.05) is 16.7 Å². The first kappa shape index (κ1) is 14.4. The summed E-state index contributed by atoms with van der Waals surface area (Å²) in [4.78, 5) is 1.17. The molecule has 1 aromatic heterocycles. The summed E-state index contributed by atoms with van der Waals surface area (Å²) >= 11 is 7.65. The van der Waals surface area contributed by atoms with Crippen LogP contribution in [0.2, 0.25) is 5.02 Å². The van der Waals surface area contributed by atoms with Crippen LogP contribution in [-0.4, -0.2) is 13.6 Å². The number of ether oxygens (including phenoxy) is 1. The van der Waals surface area contributed by atoms with Gasteiger partial charge < -0.3 is 10.1 Å². The number of aryl methyl sites for hydroxylation is 1. The quantitative estimate of drug-likeness (QED) is 0.851. The first-order valence-corrected chi connectivity index (χ1v) is 7.56. The van der Waals surface area contributed by atoms with Gasteiger partial charge in [-0.3, -0.25) is 0 Å². The minimum atomic E-state index is 0.0488. The lowest BCUT2D eigenvalue weighted by Gasteiger charge is -2.18. The number of thiophene rings is 1. The third-order valence-corrected chi connectivity index (χ3v) is 4.23. The first-order chi connectivity index (χ1) is 9.19. The zero-order valence-electron chi connectivity index (χ0n) is 11.2. The number of hydrogen-bond donors (Lipinski definition) is 1. The van der Waals surface area contributed by atoms with Gasteiger partial charge in [-0.15, -0.1) is 11.3 Å². The van der Waals surface area contributed by atoms with Crippen molar-refractivity contribution in [1.82, 2.24) is 5.32 Å². The van der Waals surface area contributed by atoms with E-state index in [1.807, 2.05) is 30.6 Å². The minimum absolute atomic E-state index is 0.0488. The summed E-state index contributed by atoms with van der Waals surface area (Å²) in [5, 5.41) is 5.89. The normalized spacial score (nSPS) is 12.4. The van der Waals surface area contributed by atoms with Crippen molar-refractivity contribution in [2.75, 3.05) is 13.6 Å². The van der Waals surface area contributed by atoms with Gasteiger partial charge in [-0.1, -0.05) is 29.3 Å². The van der Waals surface area contributed by atoms with Crippen LogP contribution >= 0.6 is 22.9 Å². The molecule has 1 heterocycles. The van der Waals surface area contributed by atoms with Crippen LogP contribution in [0.5, 0.6) is 5.75 Å². The Morgan fingerprint density at radius 2 is 2.05 bits per heavy atom. The Kier molecular flexibility index (Phi) is 5.25. The van der Waals surface area contributed by atoms with Crippen LogP contribution in [0, 0.1) is 6.92 Å². The van der Waals surface area contributed by atoms with E-state index in [4.69, 9.17) is 16.3 Å². The van der Waals surface area contributed by atoms with Crippen LogP contribution in [0.4, 0.5) is 0 Å². The van der Waals surface area contributed by atoms with E-state index in [1.54, 1.807) is 11.3 Å². The van der Waals surface area contributed by atoms with E-state index in [0.29, 0.717) is 0 Å². The van der Waals surface area contributed by atoms with Gasteiger partial charge in [0.1, 0.15) is 11.9 Å². The largest absolute Gasteiger partial charge is 0.485 e. The molecule has 102 valence electrons. The molecular formula is C15H18ClNOS. The van der Waals surface area contributed by atoms with E-state index in [9.17, 15) is 0 Å². The van der Waals surface area contributed by atoms with Crippen molar-refractivity contribution in [3.05, 3.63) is 51.2 Å². The van der Waals surface area contributed by atoms with Crippen molar-refractivity contribution < 1.29 is 4.74 Å². The third kappa shape index (κ3) is 4.23. The molecule has 2 nitrogen and oxygen atoms in total. The molecule has 0 spiro atoms. The van der Waals surface area contributed by atoms with Crippen LogP contribution in [-0.2, 0) is 0 Å². The van der Waals surface area contributed by atoms with Gasteiger partial charge in [0.15, 0.2) is 0 Å². The van der Waals surface area contributed by atoms with Crippen LogP contribution in [0.1, 0.15) is 23.0 Å². The van der Waals surface area contributed by atoms with Gasteiger partial charge in [-0.05, 0) is 38.7 Å². The summed E-state index contributed by atoms with van der Waals surface area (Å²) in [6.45, 7) is 2.98. The number of nitrogens with one attached hydrogen (secondary N) is 1. The molecule has 0 saturated heterocycles. The summed E-state index contributed by atoms with van der Waals surface area (Å²) < 4.78 is 6.08. The first-order valence-electron chi connectivity index (χ1n) is 6.31. The molecule has 2 rings (SSSR count). The second-order valence-corrected chi connectivity index (χ2v) is 5.86. The lowest BCUT2D eigenvalue weighted by molar-refractivity contribution is 0.198. The highest BCUT2D eigenvalue weighted by Gasteiger charge is 2.15. The molecule has 2 aromatic rings. The lowest BCUT2D eigenvalue weighted by Crippen LogP contribution is -2.15. The third-order valence-electron chi connectivity index (χ3n) is 2.86. The van der Waals surface area contributed by atoms with Crippen molar-refractivity contribution in [2.45, 2.75) is 19.4 Å². The Morgan fingerprint density at radius 3 is 2.63 bits per heavy atom. The number of rotatable bonds is 6. The topological polar surface area (TPSA) is 21.3 Å². The zero-order chi connectivity index (χ0) is 13.7. The van der Waals surface area contributed by atoms with Crippen LogP contribution < -0.4 is 10.1 Å². The maximum atomic E-state index is 6.08. The van der Waals surface area contributed by atoms with Crippen LogP contribution in [0.25, 0.3) is 0 Å². The summed E-state index contributed by atoms with van der Waals surface area (Å²) in [5.41, 5.74) is 1.23. The summed E-state index contributed by atoms with van der Waals surface area (Å²) in [5.74, 6) is 0.899. The molecule has 0 fully saturated rings. The Hall–Kier alpha value is -1.03. The van der Waals surface area contributed by atoms with E-state index < -0.39 is 0 Å². The molecule has 0 saturated carbocycles. The molecule has 0 aliphatic rings. The highest BCUT2D eigenvalue weighted by molar-refractivity contribution is 7.10. The molecule has 19 heavy (non-hydrogen) atoms.